The number of ether oxygens (including phenoxy) is 1. The van der Waals surface area contributed by atoms with Crippen LogP contribution in [0.4, 0.5) is 5.69 Å². The molecule has 8 nitrogen and oxygen atoms in total. The zero-order valence-corrected chi connectivity index (χ0v) is 23.9. The lowest BCUT2D eigenvalue weighted by atomic mass is 10.1. The van der Waals surface area contributed by atoms with E-state index in [-0.39, 0.29) is 17.3 Å². The molecule has 0 saturated carbocycles. The summed E-state index contributed by atoms with van der Waals surface area (Å²) in [4.78, 5) is 28.3. The van der Waals surface area contributed by atoms with Crippen LogP contribution in [-0.2, 0) is 26.2 Å². The Balaban J connectivity index is 1.98. The summed E-state index contributed by atoms with van der Waals surface area (Å²) in [5.41, 5.74) is 1.04. The van der Waals surface area contributed by atoms with Crippen molar-refractivity contribution in [1.29, 1.82) is 0 Å². The second-order valence-electron chi connectivity index (χ2n) is 8.99. The highest BCUT2D eigenvalue weighted by molar-refractivity contribution is 7.92. The Kier molecular flexibility index (Phi) is 10.8. The van der Waals surface area contributed by atoms with Crippen molar-refractivity contribution >= 4 is 39.1 Å². The Morgan fingerprint density at radius 2 is 1.62 bits per heavy atom. The summed E-state index contributed by atoms with van der Waals surface area (Å²) in [6, 6.07) is 20.4. The lowest BCUT2D eigenvalue weighted by Gasteiger charge is -2.32. The highest BCUT2D eigenvalue weighted by Gasteiger charge is 2.32. The lowest BCUT2D eigenvalue weighted by molar-refractivity contribution is -0.139. The smallest absolute Gasteiger partial charge is 0.264 e. The van der Waals surface area contributed by atoms with Gasteiger partial charge in [0.1, 0.15) is 18.3 Å². The molecule has 10 heteroatoms. The maximum Gasteiger partial charge on any atom is 0.264 e. The minimum absolute atomic E-state index is 0.0447. The van der Waals surface area contributed by atoms with Gasteiger partial charge in [0.25, 0.3) is 10.0 Å². The molecule has 1 N–H and O–H groups in total. The van der Waals surface area contributed by atoms with Gasteiger partial charge < -0.3 is 15.0 Å². The first-order valence-corrected chi connectivity index (χ1v) is 14.5. The van der Waals surface area contributed by atoms with Crippen molar-refractivity contribution in [2.24, 2.45) is 0 Å². The maximum atomic E-state index is 13.9. The molecule has 0 bridgehead atoms. The third kappa shape index (κ3) is 7.97. The second-order valence-corrected chi connectivity index (χ2v) is 11.3. The van der Waals surface area contributed by atoms with E-state index in [1.54, 1.807) is 73.7 Å². The molecule has 0 spiro atoms. The molecule has 1 atom stereocenters. The Hall–Kier alpha value is -3.56. The zero-order chi connectivity index (χ0) is 28.4. The van der Waals surface area contributed by atoms with E-state index in [1.165, 1.54) is 24.1 Å². The normalized spacial score (nSPS) is 11.9. The van der Waals surface area contributed by atoms with E-state index < -0.39 is 28.5 Å². The van der Waals surface area contributed by atoms with Gasteiger partial charge in [-0.05, 0) is 67.4 Å². The van der Waals surface area contributed by atoms with Crippen molar-refractivity contribution in [2.45, 2.75) is 44.2 Å². The number of hydrogen-bond donors (Lipinski definition) is 1. The van der Waals surface area contributed by atoms with Crippen LogP contribution in [0, 0.1) is 0 Å². The SMILES string of the molecule is CCCCNC(=O)[C@H](C)N(Cc1ccc(Cl)cc1)C(=O)CN(c1ccc(OC)cc1)S(=O)(=O)c1ccccc1. The fourth-order valence-electron chi connectivity index (χ4n) is 3.90. The maximum absolute atomic E-state index is 13.9. The first-order chi connectivity index (χ1) is 18.7. The van der Waals surface area contributed by atoms with E-state index in [4.69, 9.17) is 16.3 Å². The molecule has 208 valence electrons. The van der Waals surface area contributed by atoms with Crippen LogP contribution in [0.25, 0.3) is 0 Å². The van der Waals surface area contributed by atoms with Crippen molar-refractivity contribution in [1.82, 2.24) is 10.2 Å². The summed E-state index contributed by atoms with van der Waals surface area (Å²) < 4.78 is 33.8. The summed E-state index contributed by atoms with van der Waals surface area (Å²) in [5.74, 6) is -0.296. The topological polar surface area (TPSA) is 96.0 Å². The summed E-state index contributed by atoms with van der Waals surface area (Å²) in [6.07, 6.45) is 1.72. The van der Waals surface area contributed by atoms with Gasteiger partial charge in [-0.15, -0.1) is 0 Å². The second kappa shape index (κ2) is 14.0. The molecule has 0 fully saturated rings. The molecule has 0 aromatic heterocycles. The predicted octanol–water partition coefficient (Wildman–Crippen LogP) is 4.88. The molecule has 0 heterocycles. The van der Waals surface area contributed by atoms with Gasteiger partial charge >= 0.3 is 0 Å². The van der Waals surface area contributed by atoms with Crippen LogP contribution >= 0.6 is 11.6 Å². The highest BCUT2D eigenvalue weighted by atomic mass is 35.5. The van der Waals surface area contributed by atoms with E-state index >= 15 is 0 Å². The molecular weight excluding hydrogens is 538 g/mol. The molecule has 0 aliphatic carbocycles. The van der Waals surface area contributed by atoms with Crippen LogP contribution in [0.5, 0.6) is 5.75 Å². The number of halogens is 1. The minimum atomic E-state index is -4.12. The van der Waals surface area contributed by atoms with Crippen LogP contribution in [-0.4, -0.2) is 51.4 Å². The van der Waals surface area contributed by atoms with Crippen molar-refractivity contribution in [3.05, 3.63) is 89.4 Å². The number of hydrogen-bond acceptors (Lipinski definition) is 5. The van der Waals surface area contributed by atoms with Gasteiger partial charge in [-0.25, -0.2) is 8.42 Å². The number of nitrogens with one attached hydrogen (secondary N) is 1. The Bertz CT molecular complexity index is 1330. The number of amides is 2. The molecule has 0 unspecified atom stereocenters. The third-order valence-corrected chi connectivity index (χ3v) is 8.27. The molecule has 0 aliphatic heterocycles. The van der Waals surface area contributed by atoms with Gasteiger partial charge in [-0.1, -0.05) is 55.3 Å². The predicted molar refractivity (Wildman–Crippen MR) is 153 cm³/mol. The van der Waals surface area contributed by atoms with Crippen LogP contribution < -0.4 is 14.4 Å². The van der Waals surface area contributed by atoms with Crippen LogP contribution in [0.15, 0.2) is 83.8 Å². The zero-order valence-electron chi connectivity index (χ0n) is 22.3. The molecule has 3 aromatic carbocycles. The van der Waals surface area contributed by atoms with Gasteiger partial charge in [-0.3, -0.25) is 13.9 Å². The lowest BCUT2D eigenvalue weighted by Crippen LogP contribution is -2.51. The fourth-order valence-corrected chi connectivity index (χ4v) is 5.46. The quantitative estimate of drug-likeness (QED) is 0.295. The Morgan fingerprint density at radius 1 is 0.974 bits per heavy atom. The van der Waals surface area contributed by atoms with E-state index in [1.807, 2.05) is 6.92 Å². The highest BCUT2D eigenvalue weighted by Crippen LogP contribution is 2.26. The van der Waals surface area contributed by atoms with Crippen molar-refractivity contribution in [2.75, 3.05) is 24.5 Å². The molecular formula is C29H34ClN3O5S. The van der Waals surface area contributed by atoms with E-state index in [0.717, 1.165) is 22.7 Å². The van der Waals surface area contributed by atoms with Gasteiger partial charge in [0.15, 0.2) is 0 Å². The number of benzene rings is 3. The molecule has 0 aliphatic rings. The summed E-state index contributed by atoms with van der Waals surface area (Å²) >= 11 is 6.03. The minimum Gasteiger partial charge on any atom is -0.497 e. The summed E-state index contributed by atoms with van der Waals surface area (Å²) in [5, 5.41) is 3.41. The van der Waals surface area contributed by atoms with Crippen LogP contribution in [0.1, 0.15) is 32.3 Å². The first-order valence-electron chi connectivity index (χ1n) is 12.7. The molecule has 3 rings (SSSR count). The van der Waals surface area contributed by atoms with Gasteiger partial charge in [-0.2, -0.15) is 0 Å². The first kappa shape index (κ1) is 30.0. The van der Waals surface area contributed by atoms with E-state index in [2.05, 4.69) is 5.32 Å². The van der Waals surface area contributed by atoms with E-state index in [0.29, 0.717) is 23.0 Å². The number of sulfonamides is 1. The monoisotopic (exact) mass is 571 g/mol. The number of rotatable bonds is 13. The summed E-state index contributed by atoms with van der Waals surface area (Å²) in [7, 11) is -2.60. The van der Waals surface area contributed by atoms with Crippen LogP contribution in [0.2, 0.25) is 5.02 Å². The van der Waals surface area contributed by atoms with Crippen molar-refractivity contribution < 1.29 is 22.7 Å². The summed E-state index contributed by atoms with van der Waals surface area (Å²) in [6.45, 7) is 3.73. The average molecular weight is 572 g/mol. The largest absolute Gasteiger partial charge is 0.497 e. The van der Waals surface area contributed by atoms with Gasteiger partial charge in [0.2, 0.25) is 11.8 Å². The molecule has 0 radical (unpaired) electrons. The fraction of sp³-hybridized carbons (Fsp3) is 0.310. The van der Waals surface area contributed by atoms with Gasteiger partial charge in [0.05, 0.1) is 17.7 Å². The number of carbonyl (C=O) groups excluding carboxylic acids is 2. The van der Waals surface area contributed by atoms with Gasteiger partial charge in [0, 0.05) is 18.1 Å². The Labute approximate surface area is 235 Å². The molecule has 3 aromatic rings. The number of nitrogens with zero attached hydrogens (tertiary/aromatic N) is 2. The number of unbranched alkanes of at least 4 members (excludes halogenated alkanes) is 1. The number of carbonyl (C=O) groups is 2. The van der Waals surface area contributed by atoms with Crippen molar-refractivity contribution in [3.63, 3.8) is 0 Å². The standard InChI is InChI=1S/C29H34ClN3O5S/c1-4-5-19-31-29(35)22(2)32(20-23-11-13-24(30)14-12-23)28(34)21-33(25-15-17-26(38-3)18-16-25)39(36,37)27-9-7-6-8-10-27/h6-18,22H,4-5,19-21H2,1-3H3,(H,31,35)/t22-/m0/s1. The van der Waals surface area contributed by atoms with Crippen LogP contribution in [0.3, 0.4) is 0 Å². The molecule has 39 heavy (non-hydrogen) atoms. The third-order valence-electron chi connectivity index (χ3n) is 6.23. The molecule has 0 saturated heterocycles. The van der Waals surface area contributed by atoms with E-state index in [9.17, 15) is 18.0 Å². The number of methoxy groups -OCH3 is 1. The Morgan fingerprint density at radius 3 is 2.21 bits per heavy atom. The average Bonchev–Trinajstić information content (AvgIpc) is 2.95. The van der Waals surface area contributed by atoms with Crippen molar-refractivity contribution in [3.8, 4) is 5.75 Å². The molecule has 2 amide bonds. The number of anilines is 1.